The van der Waals surface area contributed by atoms with Crippen LogP contribution >= 0.6 is 0 Å². The van der Waals surface area contributed by atoms with Crippen LogP contribution in [0.4, 0.5) is 0 Å². The van der Waals surface area contributed by atoms with E-state index in [1.54, 1.807) is 0 Å². The standard InChI is InChI=1S/C18H35N/c1-5-17(3,4)15-8-10-16(11-9-15)19-14-18(6-2)12-7-13-18/h15-16,19H,5-14H2,1-4H3. The highest BCUT2D eigenvalue weighted by atomic mass is 14.9. The van der Waals surface area contributed by atoms with Gasteiger partial charge in [0, 0.05) is 12.6 Å². The Kier molecular flexibility index (Phi) is 4.98. The third kappa shape index (κ3) is 3.54. The van der Waals surface area contributed by atoms with Gasteiger partial charge in [0.15, 0.2) is 0 Å². The van der Waals surface area contributed by atoms with Crippen molar-refractivity contribution in [2.45, 2.75) is 91.5 Å². The van der Waals surface area contributed by atoms with Gasteiger partial charge in [0.25, 0.3) is 0 Å². The molecule has 2 aliphatic rings. The zero-order valence-corrected chi connectivity index (χ0v) is 13.7. The first kappa shape index (κ1) is 15.4. The maximum atomic E-state index is 3.91. The van der Waals surface area contributed by atoms with Gasteiger partial charge in [0.2, 0.25) is 0 Å². The summed E-state index contributed by atoms with van der Waals surface area (Å²) in [6.07, 6.45) is 12.8. The molecule has 2 saturated carbocycles. The van der Waals surface area contributed by atoms with Crippen molar-refractivity contribution in [1.29, 1.82) is 0 Å². The van der Waals surface area contributed by atoms with Crippen LogP contribution in [0.25, 0.3) is 0 Å². The lowest BCUT2D eigenvalue weighted by Gasteiger charge is -2.44. The van der Waals surface area contributed by atoms with Crippen molar-refractivity contribution in [2.75, 3.05) is 6.54 Å². The predicted octanol–water partition coefficient (Wildman–Crippen LogP) is 5.15. The minimum absolute atomic E-state index is 0.559. The van der Waals surface area contributed by atoms with Gasteiger partial charge in [-0.1, -0.05) is 40.5 Å². The van der Waals surface area contributed by atoms with E-state index in [4.69, 9.17) is 0 Å². The molecular weight excluding hydrogens is 230 g/mol. The molecule has 1 N–H and O–H groups in total. The first-order chi connectivity index (χ1) is 9.01. The molecule has 2 aliphatic carbocycles. The summed E-state index contributed by atoms with van der Waals surface area (Å²) in [5.41, 5.74) is 1.24. The third-order valence-electron chi connectivity index (χ3n) is 6.67. The second kappa shape index (κ2) is 6.16. The molecule has 1 nitrogen and oxygen atoms in total. The quantitative estimate of drug-likeness (QED) is 0.700. The summed E-state index contributed by atoms with van der Waals surface area (Å²) in [6.45, 7) is 10.9. The van der Waals surface area contributed by atoms with E-state index in [1.165, 1.54) is 64.3 Å². The van der Waals surface area contributed by atoms with Gasteiger partial charge in [-0.25, -0.2) is 0 Å². The Labute approximate surface area is 120 Å². The Morgan fingerprint density at radius 2 is 1.68 bits per heavy atom. The fourth-order valence-corrected chi connectivity index (χ4v) is 4.06. The predicted molar refractivity (Wildman–Crippen MR) is 84.4 cm³/mol. The molecule has 0 unspecified atom stereocenters. The lowest BCUT2D eigenvalue weighted by atomic mass is 9.66. The summed E-state index contributed by atoms with van der Waals surface area (Å²) in [5, 5.41) is 3.91. The van der Waals surface area contributed by atoms with Gasteiger partial charge < -0.3 is 5.32 Å². The van der Waals surface area contributed by atoms with E-state index in [2.05, 4.69) is 33.0 Å². The molecule has 0 amide bonds. The van der Waals surface area contributed by atoms with Crippen LogP contribution in [0.3, 0.4) is 0 Å². The Hall–Kier alpha value is -0.0400. The molecule has 19 heavy (non-hydrogen) atoms. The average Bonchev–Trinajstić information content (AvgIpc) is 2.38. The zero-order valence-electron chi connectivity index (χ0n) is 13.7. The van der Waals surface area contributed by atoms with Crippen LogP contribution in [-0.2, 0) is 0 Å². The van der Waals surface area contributed by atoms with E-state index in [0.717, 1.165) is 12.0 Å². The second-order valence-corrected chi connectivity index (χ2v) is 7.98. The van der Waals surface area contributed by atoms with Crippen molar-refractivity contribution in [2.24, 2.45) is 16.7 Å². The molecule has 2 fully saturated rings. The smallest absolute Gasteiger partial charge is 0.00675 e. The first-order valence-electron chi connectivity index (χ1n) is 8.75. The zero-order chi connectivity index (χ0) is 13.9. The molecule has 1 heteroatoms. The fraction of sp³-hybridized carbons (Fsp3) is 1.00. The molecule has 0 spiro atoms. The van der Waals surface area contributed by atoms with Crippen LogP contribution in [0, 0.1) is 16.7 Å². The van der Waals surface area contributed by atoms with Crippen molar-refractivity contribution >= 4 is 0 Å². The van der Waals surface area contributed by atoms with Crippen LogP contribution in [-0.4, -0.2) is 12.6 Å². The van der Waals surface area contributed by atoms with Gasteiger partial charge >= 0.3 is 0 Å². The van der Waals surface area contributed by atoms with Gasteiger partial charge in [-0.2, -0.15) is 0 Å². The van der Waals surface area contributed by atoms with Gasteiger partial charge in [0.1, 0.15) is 0 Å². The SMILES string of the molecule is CCC1(CNC2CCC(C(C)(C)CC)CC2)CCC1. The molecule has 0 aromatic heterocycles. The Morgan fingerprint density at radius 1 is 1.05 bits per heavy atom. The minimum atomic E-state index is 0.559. The van der Waals surface area contributed by atoms with Crippen LogP contribution in [0.15, 0.2) is 0 Å². The van der Waals surface area contributed by atoms with E-state index in [1.807, 2.05) is 0 Å². The molecule has 0 heterocycles. The Morgan fingerprint density at radius 3 is 2.11 bits per heavy atom. The maximum Gasteiger partial charge on any atom is 0.00675 e. The number of rotatable bonds is 6. The third-order valence-corrected chi connectivity index (χ3v) is 6.67. The lowest BCUT2D eigenvalue weighted by molar-refractivity contribution is 0.100. The van der Waals surface area contributed by atoms with Crippen molar-refractivity contribution in [3.8, 4) is 0 Å². The first-order valence-corrected chi connectivity index (χ1v) is 8.75. The van der Waals surface area contributed by atoms with E-state index in [9.17, 15) is 0 Å². The normalized spacial score (nSPS) is 30.9. The van der Waals surface area contributed by atoms with Gasteiger partial charge in [-0.15, -0.1) is 0 Å². The molecule has 0 saturated heterocycles. The Balaban J connectivity index is 1.72. The minimum Gasteiger partial charge on any atom is -0.313 e. The van der Waals surface area contributed by atoms with Gasteiger partial charge in [-0.3, -0.25) is 0 Å². The number of nitrogens with one attached hydrogen (secondary N) is 1. The van der Waals surface area contributed by atoms with Gasteiger partial charge in [0.05, 0.1) is 0 Å². The summed E-state index contributed by atoms with van der Waals surface area (Å²) in [4.78, 5) is 0. The maximum absolute atomic E-state index is 3.91. The van der Waals surface area contributed by atoms with Crippen LogP contribution < -0.4 is 5.32 Å². The number of hydrogen-bond acceptors (Lipinski definition) is 1. The van der Waals surface area contributed by atoms with E-state index < -0.39 is 0 Å². The summed E-state index contributed by atoms with van der Waals surface area (Å²) < 4.78 is 0. The topological polar surface area (TPSA) is 12.0 Å². The lowest BCUT2D eigenvalue weighted by Crippen LogP contribution is -2.45. The molecule has 0 aromatic rings. The van der Waals surface area contributed by atoms with Gasteiger partial charge in [-0.05, 0) is 61.7 Å². The summed E-state index contributed by atoms with van der Waals surface area (Å²) in [7, 11) is 0. The van der Waals surface area contributed by atoms with Crippen molar-refractivity contribution in [3.05, 3.63) is 0 Å². The van der Waals surface area contributed by atoms with Crippen LogP contribution in [0.2, 0.25) is 0 Å². The molecule has 0 bridgehead atoms. The highest BCUT2D eigenvalue weighted by Crippen LogP contribution is 2.44. The summed E-state index contributed by atoms with van der Waals surface area (Å²) in [5.74, 6) is 0.958. The monoisotopic (exact) mass is 265 g/mol. The van der Waals surface area contributed by atoms with E-state index in [0.29, 0.717) is 10.8 Å². The summed E-state index contributed by atoms with van der Waals surface area (Å²) >= 11 is 0. The van der Waals surface area contributed by atoms with Crippen LogP contribution in [0.5, 0.6) is 0 Å². The molecule has 0 radical (unpaired) electrons. The Bertz CT molecular complexity index is 264. The molecule has 2 rings (SSSR count). The highest BCUT2D eigenvalue weighted by molar-refractivity contribution is 4.91. The molecule has 0 aromatic carbocycles. The highest BCUT2D eigenvalue weighted by Gasteiger charge is 2.36. The van der Waals surface area contributed by atoms with Crippen LogP contribution in [0.1, 0.15) is 85.5 Å². The molecule has 0 atom stereocenters. The van der Waals surface area contributed by atoms with Crippen molar-refractivity contribution in [3.63, 3.8) is 0 Å². The average molecular weight is 265 g/mol. The van der Waals surface area contributed by atoms with Crippen molar-refractivity contribution < 1.29 is 0 Å². The molecular formula is C18H35N. The number of hydrogen-bond donors (Lipinski definition) is 1. The van der Waals surface area contributed by atoms with E-state index >= 15 is 0 Å². The summed E-state index contributed by atoms with van der Waals surface area (Å²) in [6, 6.07) is 0.813. The second-order valence-electron chi connectivity index (χ2n) is 7.98. The fourth-order valence-electron chi connectivity index (χ4n) is 4.06. The molecule has 0 aliphatic heterocycles. The molecule has 112 valence electrons. The van der Waals surface area contributed by atoms with Crippen molar-refractivity contribution in [1.82, 2.24) is 5.32 Å². The largest absolute Gasteiger partial charge is 0.313 e. The van der Waals surface area contributed by atoms with E-state index in [-0.39, 0.29) is 0 Å².